The van der Waals surface area contributed by atoms with Crippen molar-refractivity contribution in [1.82, 2.24) is 15.0 Å². The van der Waals surface area contributed by atoms with Gasteiger partial charge in [0.05, 0.1) is 0 Å². The van der Waals surface area contributed by atoms with Crippen molar-refractivity contribution in [2.24, 2.45) is 0 Å². The summed E-state index contributed by atoms with van der Waals surface area (Å²) >= 11 is 1.58. The standard InChI is InChI=1S/C17H24N4OS/c1-5-10-23-16-20-14(19-15(18)21-16)11-22-13-8-6-12(7-9-13)17(2,3)4/h6-9H,5,10-11H2,1-4H3,(H2,18,19,20,21). The molecule has 0 aliphatic rings. The SMILES string of the molecule is CCCSc1nc(N)nc(COc2ccc(C(C)(C)C)cc2)n1. The van der Waals surface area contributed by atoms with Gasteiger partial charge in [0.15, 0.2) is 11.0 Å². The van der Waals surface area contributed by atoms with Crippen LogP contribution in [0.4, 0.5) is 5.95 Å². The van der Waals surface area contributed by atoms with Crippen LogP contribution in [-0.4, -0.2) is 20.7 Å². The highest BCUT2D eigenvalue weighted by Crippen LogP contribution is 2.24. The lowest BCUT2D eigenvalue weighted by molar-refractivity contribution is 0.294. The third-order valence-electron chi connectivity index (χ3n) is 3.20. The number of aromatic nitrogens is 3. The van der Waals surface area contributed by atoms with E-state index >= 15 is 0 Å². The molecule has 0 saturated carbocycles. The number of hydrogen-bond donors (Lipinski definition) is 1. The Morgan fingerprint density at radius 1 is 1.09 bits per heavy atom. The van der Waals surface area contributed by atoms with E-state index in [4.69, 9.17) is 10.5 Å². The zero-order valence-electron chi connectivity index (χ0n) is 14.2. The van der Waals surface area contributed by atoms with E-state index < -0.39 is 0 Å². The van der Waals surface area contributed by atoms with Gasteiger partial charge in [-0.1, -0.05) is 51.6 Å². The number of rotatable bonds is 6. The summed E-state index contributed by atoms with van der Waals surface area (Å²) in [5.74, 6) is 2.54. The first kappa shape index (κ1) is 17.5. The van der Waals surface area contributed by atoms with E-state index in [1.165, 1.54) is 5.56 Å². The van der Waals surface area contributed by atoms with Crippen molar-refractivity contribution >= 4 is 17.7 Å². The van der Waals surface area contributed by atoms with E-state index in [2.05, 4.69) is 54.8 Å². The normalized spacial score (nSPS) is 11.5. The fraction of sp³-hybridized carbons (Fsp3) is 0.471. The molecule has 0 aliphatic heterocycles. The van der Waals surface area contributed by atoms with Gasteiger partial charge in [0, 0.05) is 5.75 Å². The zero-order chi connectivity index (χ0) is 16.9. The molecule has 0 bridgehead atoms. The number of hydrogen-bond acceptors (Lipinski definition) is 6. The first-order chi connectivity index (χ1) is 10.9. The average molecular weight is 332 g/mol. The molecule has 0 amide bonds. The minimum atomic E-state index is 0.132. The quantitative estimate of drug-likeness (QED) is 0.810. The van der Waals surface area contributed by atoms with Gasteiger partial charge in [-0.25, -0.2) is 4.98 Å². The molecule has 1 aromatic carbocycles. The number of anilines is 1. The zero-order valence-corrected chi connectivity index (χ0v) is 15.0. The number of ether oxygens (including phenoxy) is 1. The second-order valence-corrected chi connectivity index (χ2v) is 7.37. The van der Waals surface area contributed by atoms with Crippen molar-refractivity contribution in [3.63, 3.8) is 0 Å². The monoisotopic (exact) mass is 332 g/mol. The molecule has 124 valence electrons. The van der Waals surface area contributed by atoms with Crippen molar-refractivity contribution in [3.8, 4) is 5.75 Å². The molecule has 0 fully saturated rings. The van der Waals surface area contributed by atoms with Crippen molar-refractivity contribution in [3.05, 3.63) is 35.7 Å². The lowest BCUT2D eigenvalue weighted by atomic mass is 9.87. The van der Waals surface area contributed by atoms with Crippen LogP contribution < -0.4 is 10.5 Å². The summed E-state index contributed by atoms with van der Waals surface area (Å²) in [5, 5.41) is 0.654. The highest BCUT2D eigenvalue weighted by atomic mass is 32.2. The third kappa shape index (κ3) is 5.39. The van der Waals surface area contributed by atoms with Gasteiger partial charge in [-0.15, -0.1) is 0 Å². The predicted octanol–water partition coefficient (Wildman–Crippen LogP) is 3.83. The van der Waals surface area contributed by atoms with E-state index in [-0.39, 0.29) is 18.0 Å². The van der Waals surface area contributed by atoms with E-state index in [1.54, 1.807) is 11.8 Å². The fourth-order valence-electron chi connectivity index (χ4n) is 1.94. The maximum atomic E-state index is 5.76. The van der Waals surface area contributed by atoms with Gasteiger partial charge in [0.25, 0.3) is 0 Å². The second kappa shape index (κ2) is 7.64. The minimum Gasteiger partial charge on any atom is -0.486 e. The fourth-order valence-corrected chi connectivity index (χ4v) is 2.65. The summed E-state index contributed by atoms with van der Waals surface area (Å²) in [6.07, 6.45) is 1.06. The summed E-state index contributed by atoms with van der Waals surface area (Å²) in [7, 11) is 0. The number of nitrogens with zero attached hydrogens (tertiary/aromatic N) is 3. The average Bonchev–Trinajstić information content (AvgIpc) is 2.50. The summed E-state index contributed by atoms with van der Waals surface area (Å²) in [4.78, 5) is 12.6. The van der Waals surface area contributed by atoms with Crippen molar-refractivity contribution in [1.29, 1.82) is 0 Å². The Morgan fingerprint density at radius 3 is 2.39 bits per heavy atom. The molecule has 23 heavy (non-hydrogen) atoms. The smallest absolute Gasteiger partial charge is 0.224 e. The van der Waals surface area contributed by atoms with Crippen LogP contribution in [-0.2, 0) is 12.0 Å². The van der Waals surface area contributed by atoms with Crippen LogP contribution in [0.3, 0.4) is 0 Å². The lowest BCUT2D eigenvalue weighted by Gasteiger charge is -2.19. The van der Waals surface area contributed by atoms with E-state index in [0.29, 0.717) is 11.0 Å². The second-order valence-electron chi connectivity index (χ2n) is 6.30. The molecule has 2 aromatic rings. The van der Waals surface area contributed by atoms with Gasteiger partial charge in [-0.05, 0) is 29.5 Å². The summed E-state index contributed by atoms with van der Waals surface area (Å²) < 4.78 is 5.76. The Hall–Kier alpha value is -1.82. The highest BCUT2D eigenvalue weighted by molar-refractivity contribution is 7.99. The Kier molecular flexibility index (Phi) is 5.82. The van der Waals surface area contributed by atoms with Crippen LogP contribution in [0.2, 0.25) is 0 Å². The number of thioether (sulfide) groups is 1. The van der Waals surface area contributed by atoms with Crippen LogP contribution in [0.15, 0.2) is 29.4 Å². The van der Waals surface area contributed by atoms with Crippen molar-refractivity contribution < 1.29 is 4.74 Å². The molecule has 2 N–H and O–H groups in total. The van der Waals surface area contributed by atoms with Crippen LogP contribution in [0.5, 0.6) is 5.75 Å². The summed E-state index contributed by atoms with van der Waals surface area (Å²) in [6.45, 7) is 8.95. The largest absolute Gasteiger partial charge is 0.486 e. The Labute approximate surface area is 142 Å². The van der Waals surface area contributed by atoms with Crippen molar-refractivity contribution in [2.75, 3.05) is 11.5 Å². The molecular weight excluding hydrogens is 308 g/mol. The Morgan fingerprint density at radius 2 is 1.78 bits per heavy atom. The van der Waals surface area contributed by atoms with E-state index in [1.807, 2.05) is 12.1 Å². The van der Waals surface area contributed by atoms with Gasteiger partial charge < -0.3 is 10.5 Å². The van der Waals surface area contributed by atoms with Crippen LogP contribution in [0.25, 0.3) is 0 Å². The maximum absolute atomic E-state index is 5.76. The molecule has 0 spiro atoms. The van der Waals surface area contributed by atoms with Crippen LogP contribution >= 0.6 is 11.8 Å². The topological polar surface area (TPSA) is 73.9 Å². The number of nitrogen functional groups attached to an aromatic ring is 1. The Balaban J connectivity index is 2.01. The molecule has 0 aliphatic carbocycles. The van der Waals surface area contributed by atoms with Gasteiger partial charge in [-0.2, -0.15) is 9.97 Å². The van der Waals surface area contributed by atoms with Crippen LogP contribution in [0, 0.1) is 0 Å². The number of benzene rings is 1. The molecule has 0 radical (unpaired) electrons. The molecule has 2 rings (SSSR count). The summed E-state index contributed by atoms with van der Waals surface area (Å²) in [6, 6.07) is 8.11. The maximum Gasteiger partial charge on any atom is 0.224 e. The predicted molar refractivity (Wildman–Crippen MR) is 94.7 cm³/mol. The molecule has 0 atom stereocenters. The van der Waals surface area contributed by atoms with E-state index in [9.17, 15) is 0 Å². The Bertz CT molecular complexity index is 638. The summed E-state index contributed by atoms with van der Waals surface area (Å²) in [5.41, 5.74) is 7.14. The van der Waals surface area contributed by atoms with E-state index in [0.717, 1.165) is 17.9 Å². The lowest BCUT2D eigenvalue weighted by Crippen LogP contribution is -2.11. The molecule has 0 saturated heterocycles. The minimum absolute atomic E-state index is 0.132. The van der Waals surface area contributed by atoms with Crippen molar-refractivity contribution in [2.45, 2.75) is 51.3 Å². The molecule has 1 aromatic heterocycles. The molecular formula is C17H24N4OS. The molecule has 6 heteroatoms. The van der Waals surface area contributed by atoms with Gasteiger partial charge >= 0.3 is 0 Å². The molecule has 5 nitrogen and oxygen atoms in total. The number of nitrogens with two attached hydrogens (primary N) is 1. The highest BCUT2D eigenvalue weighted by Gasteiger charge is 2.13. The van der Waals surface area contributed by atoms with Gasteiger partial charge in [0.1, 0.15) is 12.4 Å². The van der Waals surface area contributed by atoms with Gasteiger partial charge in [0.2, 0.25) is 5.95 Å². The van der Waals surface area contributed by atoms with Gasteiger partial charge in [-0.3, -0.25) is 0 Å². The molecule has 1 heterocycles. The molecule has 0 unspecified atom stereocenters. The van der Waals surface area contributed by atoms with Crippen LogP contribution in [0.1, 0.15) is 45.5 Å². The third-order valence-corrected chi connectivity index (χ3v) is 4.26. The first-order valence-electron chi connectivity index (χ1n) is 7.75. The first-order valence-corrected chi connectivity index (χ1v) is 8.73.